The van der Waals surface area contributed by atoms with Gasteiger partial charge in [-0.05, 0) is 19.1 Å². The molecule has 2 aromatic heterocycles. The van der Waals surface area contributed by atoms with Crippen molar-refractivity contribution in [2.24, 2.45) is 0 Å². The van der Waals surface area contributed by atoms with Gasteiger partial charge in [-0.2, -0.15) is 0 Å². The van der Waals surface area contributed by atoms with E-state index in [1.165, 1.54) is 11.3 Å². The van der Waals surface area contributed by atoms with Crippen LogP contribution in [0.4, 0.5) is 5.13 Å². The van der Waals surface area contributed by atoms with E-state index in [9.17, 15) is 4.79 Å². The molecule has 1 amide bonds. The van der Waals surface area contributed by atoms with Gasteiger partial charge in [0.05, 0.1) is 6.42 Å². The number of fused-ring (bicyclic) bond motifs is 1. The summed E-state index contributed by atoms with van der Waals surface area (Å²) in [6.07, 6.45) is 0.146. The molecule has 0 aliphatic carbocycles. The van der Waals surface area contributed by atoms with Gasteiger partial charge in [-0.1, -0.05) is 42.0 Å². The molecule has 1 aromatic carbocycles. The Kier molecular flexibility index (Phi) is 3.89. The smallest absolute Gasteiger partial charge is 0.232 e. The van der Waals surface area contributed by atoms with Gasteiger partial charge in [0, 0.05) is 11.3 Å². The van der Waals surface area contributed by atoms with Crippen molar-refractivity contribution >= 4 is 33.3 Å². The number of aryl methyl sites for hydroxylation is 1. The van der Waals surface area contributed by atoms with E-state index >= 15 is 0 Å². The molecule has 0 spiro atoms. The zero-order valence-electron chi connectivity index (χ0n) is 12.6. The highest BCUT2D eigenvalue weighted by molar-refractivity contribution is 7.15. The number of carbonyl (C=O) groups excluding carboxylic acids is 1. The molecule has 0 fully saturated rings. The van der Waals surface area contributed by atoms with Crippen molar-refractivity contribution in [3.8, 4) is 0 Å². The Hall–Kier alpha value is -2.28. The van der Waals surface area contributed by atoms with Crippen molar-refractivity contribution in [3.63, 3.8) is 0 Å². The van der Waals surface area contributed by atoms with Gasteiger partial charge in [-0.15, -0.1) is 10.2 Å². The lowest BCUT2D eigenvalue weighted by Crippen LogP contribution is -2.14. The van der Waals surface area contributed by atoms with Gasteiger partial charge in [0.1, 0.15) is 10.7 Å². The monoisotopic (exact) mass is 316 g/mol. The van der Waals surface area contributed by atoms with Gasteiger partial charge in [0.25, 0.3) is 0 Å². The maximum Gasteiger partial charge on any atom is 0.232 e. The molecular formula is C15H16N4O2S. The second-order valence-electron chi connectivity index (χ2n) is 5.45. The minimum absolute atomic E-state index is 0.146. The minimum Gasteiger partial charge on any atom is -0.356 e. The summed E-state index contributed by atoms with van der Waals surface area (Å²) in [5.41, 5.74) is 2.42. The number of hydrogen-bond acceptors (Lipinski definition) is 6. The maximum atomic E-state index is 12.1. The van der Waals surface area contributed by atoms with Crippen LogP contribution < -0.4 is 5.32 Å². The summed E-state index contributed by atoms with van der Waals surface area (Å²) in [4.78, 5) is 12.1. The third-order valence-electron chi connectivity index (χ3n) is 3.21. The van der Waals surface area contributed by atoms with E-state index in [1.807, 2.05) is 39.0 Å². The van der Waals surface area contributed by atoms with Crippen LogP contribution in [-0.4, -0.2) is 21.3 Å². The predicted molar refractivity (Wildman–Crippen MR) is 85.1 cm³/mol. The molecule has 7 heteroatoms. The van der Waals surface area contributed by atoms with Crippen LogP contribution in [0.2, 0.25) is 0 Å². The van der Waals surface area contributed by atoms with Crippen molar-refractivity contribution in [3.05, 3.63) is 34.5 Å². The van der Waals surface area contributed by atoms with Crippen LogP contribution in [0.15, 0.2) is 22.7 Å². The maximum absolute atomic E-state index is 12.1. The average molecular weight is 316 g/mol. The molecule has 0 radical (unpaired) electrons. The highest BCUT2D eigenvalue weighted by Gasteiger charge is 2.15. The summed E-state index contributed by atoms with van der Waals surface area (Å²) in [5.74, 6) is 0.119. The Labute approximate surface area is 131 Å². The summed E-state index contributed by atoms with van der Waals surface area (Å²) in [5, 5.41) is 17.0. The average Bonchev–Trinajstić information content (AvgIpc) is 3.07. The summed E-state index contributed by atoms with van der Waals surface area (Å²) in [6.45, 7) is 6.07. The van der Waals surface area contributed by atoms with Crippen LogP contribution >= 0.6 is 11.3 Å². The number of carbonyl (C=O) groups is 1. The number of anilines is 1. The molecule has 6 nitrogen and oxygen atoms in total. The van der Waals surface area contributed by atoms with Gasteiger partial charge in [-0.25, -0.2) is 0 Å². The zero-order valence-corrected chi connectivity index (χ0v) is 13.4. The number of nitrogens with zero attached hydrogens (tertiary/aromatic N) is 3. The van der Waals surface area contributed by atoms with Crippen molar-refractivity contribution in [2.45, 2.75) is 33.1 Å². The fourth-order valence-corrected chi connectivity index (χ4v) is 2.83. The van der Waals surface area contributed by atoms with Crippen LogP contribution in [0, 0.1) is 6.92 Å². The van der Waals surface area contributed by atoms with Crippen LogP contribution in [0.5, 0.6) is 0 Å². The largest absolute Gasteiger partial charge is 0.356 e. The number of rotatable bonds is 4. The summed E-state index contributed by atoms with van der Waals surface area (Å²) < 4.78 is 5.24. The topological polar surface area (TPSA) is 80.9 Å². The second kappa shape index (κ2) is 5.84. The molecule has 2 heterocycles. The van der Waals surface area contributed by atoms with Crippen LogP contribution in [0.1, 0.15) is 36.0 Å². The summed E-state index contributed by atoms with van der Waals surface area (Å²) >= 11 is 1.39. The number of benzene rings is 1. The number of aromatic nitrogens is 3. The van der Waals surface area contributed by atoms with Crippen molar-refractivity contribution in [2.75, 3.05) is 5.32 Å². The molecule has 0 saturated heterocycles. The second-order valence-corrected chi connectivity index (χ2v) is 6.46. The van der Waals surface area contributed by atoms with Crippen LogP contribution in [0.3, 0.4) is 0 Å². The Bertz CT molecular complexity index is 822. The summed E-state index contributed by atoms with van der Waals surface area (Å²) in [7, 11) is 0. The van der Waals surface area contributed by atoms with E-state index in [2.05, 4.69) is 20.7 Å². The number of amides is 1. The van der Waals surface area contributed by atoms with E-state index < -0.39 is 0 Å². The van der Waals surface area contributed by atoms with Gasteiger partial charge in [0.15, 0.2) is 5.58 Å². The first kappa shape index (κ1) is 14.6. The van der Waals surface area contributed by atoms with E-state index in [1.54, 1.807) is 0 Å². The highest BCUT2D eigenvalue weighted by Crippen LogP contribution is 2.23. The highest BCUT2D eigenvalue weighted by atomic mass is 32.1. The molecule has 0 saturated carbocycles. The Balaban J connectivity index is 1.74. The first-order chi connectivity index (χ1) is 10.5. The van der Waals surface area contributed by atoms with Crippen LogP contribution in [-0.2, 0) is 11.2 Å². The molecule has 3 aromatic rings. The lowest BCUT2D eigenvalue weighted by Gasteiger charge is -1.99. The van der Waals surface area contributed by atoms with Gasteiger partial charge in [-0.3, -0.25) is 4.79 Å². The molecule has 22 heavy (non-hydrogen) atoms. The van der Waals surface area contributed by atoms with Gasteiger partial charge >= 0.3 is 0 Å². The third kappa shape index (κ3) is 2.99. The van der Waals surface area contributed by atoms with E-state index in [-0.39, 0.29) is 12.3 Å². The van der Waals surface area contributed by atoms with Crippen LogP contribution in [0.25, 0.3) is 11.0 Å². The Morgan fingerprint density at radius 3 is 2.91 bits per heavy atom. The molecular weight excluding hydrogens is 300 g/mol. The molecule has 1 N–H and O–H groups in total. The molecule has 0 unspecified atom stereocenters. The molecule has 114 valence electrons. The van der Waals surface area contributed by atoms with Crippen molar-refractivity contribution in [1.29, 1.82) is 0 Å². The molecule has 0 aliphatic rings. The quantitative estimate of drug-likeness (QED) is 0.798. The zero-order chi connectivity index (χ0) is 15.7. The number of nitrogens with one attached hydrogen (secondary N) is 1. The Morgan fingerprint density at radius 1 is 1.36 bits per heavy atom. The molecule has 0 aliphatic heterocycles. The molecule has 3 rings (SSSR count). The van der Waals surface area contributed by atoms with Gasteiger partial charge < -0.3 is 9.84 Å². The first-order valence-electron chi connectivity index (χ1n) is 7.01. The normalized spacial score (nSPS) is 11.3. The Morgan fingerprint density at radius 2 is 2.18 bits per heavy atom. The van der Waals surface area contributed by atoms with E-state index in [4.69, 9.17) is 4.52 Å². The van der Waals surface area contributed by atoms with Crippen molar-refractivity contribution < 1.29 is 9.32 Å². The predicted octanol–water partition coefficient (Wildman–Crippen LogP) is 3.29. The lowest BCUT2D eigenvalue weighted by molar-refractivity contribution is -0.115. The van der Waals surface area contributed by atoms with Crippen molar-refractivity contribution in [1.82, 2.24) is 15.4 Å². The van der Waals surface area contributed by atoms with E-state index in [0.717, 1.165) is 16.0 Å². The standard InChI is InChI=1S/C15H16N4O2S/c1-8(2)14-17-18-15(22-14)16-13(20)7-11-10-6-9(3)4-5-12(10)21-19-11/h4-6,8H,7H2,1-3H3,(H,16,18,20). The van der Waals surface area contributed by atoms with E-state index in [0.29, 0.717) is 22.3 Å². The fourth-order valence-electron chi connectivity index (χ4n) is 2.06. The third-order valence-corrected chi connectivity index (χ3v) is 4.35. The fraction of sp³-hybridized carbons (Fsp3) is 0.333. The SMILES string of the molecule is Cc1ccc2onc(CC(=O)Nc3nnc(C(C)C)s3)c2c1. The number of hydrogen-bond donors (Lipinski definition) is 1. The summed E-state index contributed by atoms with van der Waals surface area (Å²) in [6, 6.07) is 5.78. The minimum atomic E-state index is -0.178. The lowest BCUT2D eigenvalue weighted by atomic mass is 10.1. The van der Waals surface area contributed by atoms with Gasteiger partial charge in [0.2, 0.25) is 11.0 Å². The molecule has 0 bridgehead atoms. The first-order valence-corrected chi connectivity index (χ1v) is 7.82. The molecule has 0 atom stereocenters.